The van der Waals surface area contributed by atoms with Crippen LogP contribution in [-0.4, -0.2) is 17.6 Å². The molecule has 1 aromatic rings. The van der Waals surface area contributed by atoms with E-state index in [2.05, 4.69) is 4.98 Å². The van der Waals surface area contributed by atoms with Crippen molar-refractivity contribution < 1.29 is 9.53 Å². The Morgan fingerprint density at radius 3 is 2.88 bits per heavy atom. The molecular weight excluding hydrogens is 204 g/mol. The molecule has 0 bridgehead atoms. The lowest BCUT2D eigenvalue weighted by Crippen LogP contribution is -2.34. The summed E-state index contributed by atoms with van der Waals surface area (Å²) in [5.41, 5.74) is -0.0722. The number of hydrogen-bond acceptors (Lipinski definition) is 4. The van der Waals surface area contributed by atoms with E-state index in [1.54, 1.807) is 19.2 Å². The van der Waals surface area contributed by atoms with Crippen molar-refractivity contribution in [3.8, 4) is 6.07 Å². The zero-order chi connectivity index (χ0) is 12.2. The maximum atomic E-state index is 11.8. The van der Waals surface area contributed by atoms with Crippen LogP contribution in [0.15, 0.2) is 18.3 Å². The van der Waals surface area contributed by atoms with Crippen molar-refractivity contribution in [3.63, 3.8) is 0 Å². The summed E-state index contributed by atoms with van der Waals surface area (Å²) in [4.78, 5) is 15.9. The van der Waals surface area contributed by atoms with Crippen molar-refractivity contribution in [2.24, 2.45) is 0 Å². The minimum absolute atomic E-state index is 0.252. The van der Waals surface area contributed by atoms with Gasteiger partial charge >= 0.3 is 5.97 Å². The Kier molecular flexibility index (Phi) is 3.62. The van der Waals surface area contributed by atoms with Crippen LogP contribution in [0.25, 0.3) is 0 Å². The van der Waals surface area contributed by atoms with Crippen LogP contribution in [0.4, 0.5) is 0 Å². The fourth-order valence-electron chi connectivity index (χ4n) is 1.48. The molecule has 1 atom stereocenters. The van der Waals surface area contributed by atoms with Gasteiger partial charge in [0.25, 0.3) is 0 Å². The van der Waals surface area contributed by atoms with E-state index in [1.807, 2.05) is 19.1 Å². The van der Waals surface area contributed by atoms with Crippen LogP contribution in [0.1, 0.15) is 25.1 Å². The molecule has 0 amide bonds. The zero-order valence-electron chi connectivity index (χ0n) is 9.65. The van der Waals surface area contributed by atoms with Crippen molar-refractivity contribution in [3.05, 3.63) is 29.6 Å². The number of carbonyl (C=O) groups is 1. The van der Waals surface area contributed by atoms with Crippen molar-refractivity contribution >= 4 is 5.97 Å². The van der Waals surface area contributed by atoms with Gasteiger partial charge < -0.3 is 4.74 Å². The number of rotatable bonds is 3. The van der Waals surface area contributed by atoms with Gasteiger partial charge in [-0.25, -0.2) is 4.79 Å². The first-order valence-electron chi connectivity index (χ1n) is 5.06. The number of nitriles is 1. The summed E-state index contributed by atoms with van der Waals surface area (Å²) in [7, 11) is 0. The highest BCUT2D eigenvalue weighted by molar-refractivity contribution is 5.86. The summed E-state index contributed by atoms with van der Waals surface area (Å²) in [5, 5.41) is 9.17. The highest BCUT2D eigenvalue weighted by atomic mass is 16.5. The van der Waals surface area contributed by atoms with E-state index in [0.29, 0.717) is 5.69 Å². The van der Waals surface area contributed by atoms with Gasteiger partial charge in [0.05, 0.1) is 18.4 Å². The quantitative estimate of drug-likeness (QED) is 0.725. The molecule has 1 aromatic heterocycles. The van der Waals surface area contributed by atoms with Crippen molar-refractivity contribution in [1.82, 2.24) is 4.98 Å². The lowest BCUT2D eigenvalue weighted by atomic mass is 9.86. The SMILES string of the molecule is CCOC(=O)C(C)(C#N)c1ncccc1C. The molecule has 1 heterocycles. The minimum Gasteiger partial charge on any atom is -0.465 e. The average Bonchev–Trinajstić information content (AvgIpc) is 2.29. The highest BCUT2D eigenvalue weighted by Gasteiger charge is 2.39. The topological polar surface area (TPSA) is 63.0 Å². The molecule has 4 nitrogen and oxygen atoms in total. The Morgan fingerprint density at radius 1 is 1.69 bits per heavy atom. The van der Waals surface area contributed by atoms with Crippen LogP contribution in [0.3, 0.4) is 0 Å². The molecule has 0 aromatic carbocycles. The normalized spacial score (nSPS) is 13.6. The van der Waals surface area contributed by atoms with Crippen LogP contribution in [0.5, 0.6) is 0 Å². The monoisotopic (exact) mass is 218 g/mol. The summed E-state index contributed by atoms with van der Waals surface area (Å²) in [5.74, 6) is -0.556. The number of pyridine rings is 1. The molecule has 4 heteroatoms. The van der Waals surface area contributed by atoms with Crippen LogP contribution < -0.4 is 0 Å². The van der Waals surface area contributed by atoms with Crippen LogP contribution in [0, 0.1) is 18.3 Å². The predicted molar refractivity (Wildman–Crippen MR) is 58.6 cm³/mol. The third kappa shape index (κ3) is 2.03. The summed E-state index contributed by atoms with van der Waals surface area (Å²) >= 11 is 0. The molecule has 1 rings (SSSR count). The molecule has 0 aliphatic heterocycles. The lowest BCUT2D eigenvalue weighted by molar-refractivity contribution is -0.147. The second-order valence-corrected chi connectivity index (χ2v) is 3.63. The van der Waals surface area contributed by atoms with Gasteiger partial charge in [-0.15, -0.1) is 0 Å². The number of carbonyl (C=O) groups excluding carboxylic acids is 1. The van der Waals surface area contributed by atoms with Crippen LogP contribution >= 0.6 is 0 Å². The lowest BCUT2D eigenvalue weighted by Gasteiger charge is -2.20. The first kappa shape index (κ1) is 12.2. The van der Waals surface area contributed by atoms with Gasteiger partial charge in [0, 0.05) is 6.20 Å². The highest BCUT2D eigenvalue weighted by Crippen LogP contribution is 2.25. The number of nitrogens with zero attached hydrogens (tertiary/aromatic N) is 2. The molecule has 0 radical (unpaired) electrons. The van der Waals surface area contributed by atoms with Gasteiger partial charge in [-0.3, -0.25) is 4.98 Å². The minimum atomic E-state index is -1.33. The largest absolute Gasteiger partial charge is 0.465 e. The van der Waals surface area contributed by atoms with E-state index in [4.69, 9.17) is 10.00 Å². The van der Waals surface area contributed by atoms with E-state index in [1.165, 1.54) is 6.92 Å². The van der Waals surface area contributed by atoms with Crippen molar-refractivity contribution in [2.45, 2.75) is 26.2 Å². The fourth-order valence-corrected chi connectivity index (χ4v) is 1.48. The summed E-state index contributed by atoms with van der Waals surface area (Å²) in [6.07, 6.45) is 1.57. The van der Waals surface area contributed by atoms with Gasteiger partial charge in [-0.05, 0) is 32.4 Å². The van der Waals surface area contributed by atoms with Gasteiger partial charge in [0.15, 0.2) is 5.41 Å². The summed E-state index contributed by atoms with van der Waals surface area (Å²) < 4.78 is 4.91. The third-order valence-corrected chi connectivity index (χ3v) is 2.39. The Labute approximate surface area is 94.9 Å². The van der Waals surface area contributed by atoms with E-state index >= 15 is 0 Å². The van der Waals surface area contributed by atoms with Gasteiger partial charge in [0.2, 0.25) is 0 Å². The van der Waals surface area contributed by atoms with E-state index in [0.717, 1.165) is 5.56 Å². The Morgan fingerprint density at radius 2 is 2.38 bits per heavy atom. The second-order valence-electron chi connectivity index (χ2n) is 3.63. The standard InChI is InChI=1S/C12H14N2O2/c1-4-16-11(15)12(3,8-13)10-9(2)6-5-7-14-10/h5-7H,4H2,1-3H3. The van der Waals surface area contributed by atoms with Crippen LogP contribution in [0.2, 0.25) is 0 Å². The van der Waals surface area contributed by atoms with Crippen molar-refractivity contribution in [2.75, 3.05) is 6.61 Å². The Bertz CT molecular complexity index is 437. The van der Waals surface area contributed by atoms with Crippen LogP contribution in [-0.2, 0) is 14.9 Å². The molecule has 0 saturated heterocycles. The molecule has 0 saturated carbocycles. The zero-order valence-corrected chi connectivity index (χ0v) is 9.65. The number of aromatic nitrogens is 1. The molecule has 0 aliphatic carbocycles. The average molecular weight is 218 g/mol. The van der Waals surface area contributed by atoms with Gasteiger partial charge in [-0.2, -0.15) is 5.26 Å². The number of hydrogen-bond donors (Lipinski definition) is 0. The van der Waals surface area contributed by atoms with Gasteiger partial charge in [-0.1, -0.05) is 6.07 Å². The Hall–Kier alpha value is -1.89. The van der Waals surface area contributed by atoms with E-state index in [9.17, 15) is 4.79 Å². The third-order valence-electron chi connectivity index (χ3n) is 2.39. The molecule has 84 valence electrons. The molecular formula is C12H14N2O2. The van der Waals surface area contributed by atoms with Crippen molar-refractivity contribution in [1.29, 1.82) is 5.26 Å². The number of aryl methyl sites for hydroxylation is 1. The number of esters is 1. The van der Waals surface area contributed by atoms with Gasteiger partial charge in [0.1, 0.15) is 0 Å². The smallest absolute Gasteiger partial charge is 0.332 e. The maximum absolute atomic E-state index is 11.8. The molecule has 1 unspecified atom stereocenters. The summed E-state index contributed by atoms with van der Waals surface area (Å²) in [6.45, 7) is 5.31. The van der Waals surface area contributed by atoms with E-state index < -0.39 is 11.4 Å². The number of ether oxygens (including phenoxy) is 1. The maximum Gasteiger partial charge on any atom is 0.332 e. The molecule has 0 spiro atoms. The molecule has 0 fully saturated rings. The predicted octanol–water partition coefficient (Wildman–Crippen LogP) is 1.73. The summed E-state index contributed by atoms with van der Waals surface area (Å²) in [6, 6.07) is 5.57. The Balaban J connectivity index is 3.21. The molecule has 0 N–H and O–H groups in total. The molecule has 0 aliphatic rings. The molecule has 16 heavy (non-hydrogen) atoms. The first-order chi connectivity index (χ1) is 7.56. The second kappa shape index (κ2) is 4.75. The fraction of sp³-hybridized carbons (Fsp3) is 0.417. The van der Waals surface area contributed by atoms with E-state index in [-0.39, 0.29) is 6.61 Å². The first-order valence-corrected chi connectivity index (χ1v) is 5.06.